The maximum atomic E-state index is 4.62. The summed E-state index contributed by atoms with van der Waals surface area (Å²) in [5.41, 5.74) is 0. The summed E-state index contributed by atoms with van der Waals surface area (Å²) in [5, 5.41) is 4.62. The molecule has 0 N–H and O–H groups in total. The molecule has 0 bridgehead atoms. The summed E-state index contributed by atoms with van der Waals surface area (Å²) in [6, 6.07) is 1.41. The quantitative estimate of drug-likeness (QED) is 0.537. The minimum atomic E-state index is 0.704. The SMILES string of the molecule is CCC1CCC(CC)[N]1. The Hall–Kier alpha value is -0.0400. The Balaban J connectivity index is 2.20. The zero-order chi connectivity index (χ0) is 6.69. The highest BCUT2D eigenvalue weighted by Crippen LogP contribution is 2.18. The lowest BCUT2D eigenvalue weighted by atomic mass is 10.1. The summed E-state index contributed by atoms with van der Waals surface area (Å²) in [4.78, 5) is 0. The summed E-state index contributed by atoms with van der Waals surface area (Å²) >= 11 is 0. The molecule has 0 saturated carbocycles. The maximum Gasteiger partial charge on any atom is 0.0247 e. The van der Waals surface area contributed by atoms with Gasteiger partial charge in [-0.1, -0.05) is 13.8 Å². The highest BCUT2D eigenvalue weighted by Gasteiger charge is 2.21. The molecule has 1 rings (SSSR count). The average molecular weight is 126 g/mol. The van der Waals surface area contributed by atoms with E-state index in [9.17, 15) is 0 Å². The Bertz CT molecular complexity index is 70.6. The van der Waals surface area contributed by atoms with Crippen LogP contribution in [0, 0.1) is 0 Å². The van der Waals surface area contributed by atoms with Crippen molar-refractivity contribution in [2.45, 2.75) is 51.6 Å². The Morgan fingerprint density at radius 2 is 1.56 bits per heavy atom. The van der Waals surface area contributed by atoms with E-state index >= 15 is 0 Å². The number of nitrogens with zero attached hydrogens (tertiary/aromatic N) is 1. The third kappa shape index (κ3) is 1.68. The average Bonchev–Trinajstić information content (AvgIpc) is 2.34. The van der Waals surface area contributed by atoms with Crippen molar-refractivity contribution < 1.29 is 0 Å². The van der Waals surface area contributed by atoms with Gasteiger partial charge in [-0.05, 0) is 25.7 Å². The van der Waals surface area contributed by atoms with Crippen LogP contribution in [-0.4, -0.2) is 12.1 Å². The predicted octanol–water partition coefficient (Wildman–Crippen LogP) is 1.94. The monoisotopic (exact) mass is 126 g/mol. The van der Waals surface area contributed by atoms with Crippen LogP contribution >= 0.6 is 0 Å². The van der Waals surface area contributed by atoms with Crippen LogP contribution in [0.1, 0.15) is 39.5 Å². The minimum Gasteiger partial charge on any atom is -0.235 e. The summed E-state index contributed by atoms with van der Waals surface area (Å²) in [6.07, 6.45) is 5.18. The van der Waals surface area contributed by atoms with Crippen LogP contribution in [0.5, 0.6) is 0 Å². The molecular formula is C8H16N. The van der Waals surface area contributed by atoms with Crippen molar-refractivity contribution in [2.24, 2.45) is 0 Å². The van der Waals surface area contributed by atoms with Gasteiger partial charge in [-0.15, -0.1) is 0 Å². The van der Waals surface area contributed by atoms with E-state index in [4.69, 9.17) is 0 Å². The first kappa shape index (κ1) is 7.07. The molecular weight excluding hydrogens is 110 g/mol. The molecule has 0 spiro atoms. The van der Waals surface area contributed by atoms with Crippen molar-refractivity contribution in [2.75, 3.05) is 0 Å². The van der Waals surface area contributed by atoms with Crippen molar-refractivity contribution in [3.05, 3.63) is 0 Å². The fourth-order valence-corrected chi connectivity index (χ4v) is 1.45. The molecule has 1 heteroatoms. The van der Waals surface area contributed by atoms with Gasteiger partial charge in [-0.25, -0.2) is 5.32 Å². The number of rotatable bonds is 2. The Kier molecular flexibility index (Phi) is 2.52. The predicted molar refractivity (Wildman–Crippen MR) is 39.5 cm³/mol. The molecule has 2 atom stereocenters. The molecule has 0 aromatic carbocycles. The normalized spacial score (nSPS) is 35.3. The molecule has 1 saturated heterocycles. The fraction of sp³-hybridized carbons (Fsp3) is 1.00. The molecule has 0 amide bonds. The fourth-order valence-electron chi connectivity index (χ4n) is 1.45. The van der Waals surface area contributed by atoms with E-state index in [2.05, 4.69) is 19.2 Å². The van der Waals surface area contributed by atoms with Crippen molar-refractivity contribution in [1.82, 2.24) is 5.32 Å². The van der Waals surface area contributed by atoms with Gasteiger partial charge in [0.05, 0.1) is 0 Å². The van der Waals surface area contributed by atoms with E-state index in [1.807, 2.05) is 0 Å². The van der Waals surface area contributed by atoms with E-state index in [1.165, 1.54) is 25.7 Å². The van der Waals surface area contributed by atoms with Crippen molar-refractivity contribution >= 4 is 0 Å². The third-order valence-electron chi connectivity index (χ3n) is 2.20. The molecule has 1 fully saturated rings. The van der Waals surface area contributed by atoms with Gasteiger partial charge in [0.25, 0.3) is 0 Å². The van der Waals surface area contributed by atoms with E-state index in [1.54, 1.807) is 0 Å². The van der Waals surface area contributed by atoms with Gasteiger partial charge < -0.3 is 0 Å². The summed E-state index contributed by atoms with van der Waals surface area (Å²) in [6.45, 7) is 4.46. The first-order valence-electron chi connectivity index (χ1n) is 4.06. The highest BCUT2D eigenvalue weighted by atomic mass is 15.0. The molecule has 53 valence electrons. The van der Waals surface area contributed by atoms with Crippen LogP contribution in [0.2, 0.25) is 0 Å². The lowest BCUT2D eigenvalue weighted by molar-refractivity contribution is 0.505. The van der Waals surface area contributed by atoms with Crippen LogP contribution in [0.25, 0.3) is 0 Å². The van der Waals surface area contributed by atoms with Gasteiger partial charge in [0.15, 0.2) is 0 Å². The van der Waals surface area contributed by atoms with Crippen molar-refractivity contribution in [1.29, 1.82) is 0 Å². The molecule has 1 aliphatic heterocycles. The number of hydrogen-bond acceptors (Lipinski definition) is 0. The lowest BCUT2D eigenvalue weighted by Gasteiger charge is -2.06. The summed E-state index contributed by atoms with van der Waals surface area (Å²) in [7, 11) is 0. The molecule has 2 unspecified atom stereocenters. The van der Waals surface area contributed by atoms with Gasteiger partial charge in [0.1, 0.15) is 0 Å². The van der Waals surface area contributed by atoms with E-state index < -0.39 is 0 Å². The van der Waals surface area contributed by atoms with Crippen LogP contribution in [0.4, 0.5) is 0 Å². The number of hydrogen-bond donors (Lipinski definition) is 0. The Labute approximate surface area is 57.8 Å². The molecule has 0 aliphatic carbocycles. The maximum absolute atomic E-state index is 4.62. The summed E-state index contributed by atoms with van der Waals surface area (Å²) < 4.78 is 0. The first-order valence-corrected chi connectivity index (χ1v) is 4.06. The third-order valence-corrected chi connectivity index (χ3v) is 2.20. The standard InChI is InChI=1S/C8H16N/c1-3-7-5-6-8(4-2)9-7/h7-8H,3-6H2,1-2H3. The zero-order valence-electron chi connectivity index (χ0n) is 6.43. The second-order valence-corrected chi connectivity index (χ2v) is 2.85. The molecule has 0 aromatic heterocycles. The molecule has 1 heterocycles. The van der Waals surface area contributed by atoms with Gasteiger partial charge in [-0.2, -0.15) is 0 Å². The molecule has 1 nitrogen and oxygen atoms in total. The van der Waals surface area contributed by atoms with Gasteiger partial charge in [-0.3, -0.25) is 0 Å². The van der Waals surface area contributed by atoms with Crippen LogP contribution < -0.4 is 5.32 Å². The lowest BCUT2D eigenvalue weighted by Crippen LogP contribution is -2.19. The Morgan fingerprint density at radius 1 is 1.11 bits per heavy atom. The van der Waals surface area contributed by atoms with Gasteiger partial charge in [0, 0.05) is 12.1 Å². The van der Waals surface area contributed by atoms with Crippen molar-refractivity contribution in [3.63, 3.8) is 0 Å². The van der Waals surface area contributed by atoms with Crippen LogP contribution in [0.15, 0.2) is 0 Å². The highest BCUT2D eigenvalue weighted by molar-refractivity contribution is 4.80. The van der Waals surface area contributed by atoms with Gasteiger partial charge >= 0.3 is 0 Å². The van der Waals surface area contributed by atoms with E-state index in [0.29, 0.717) is 12.1 Å². The summed E-state index contributed by atoms with van der Waals surface area (Å²) in [5.74, 6) is 0. The molecule has 1 radical (unpaired) electrons. The smallest absolute Gasteiger partial charge is 0.0247 e. The largest absolute Gasteiger partial charge is 0.235 e. The molecule has 0 aromatic rings. The van der Waals surface area contributed by atoms with E-state index in [-0.39, 0.29) is 0 Å². The Morgan fingerprint density at radius 3 is 1.78 bits per heavy atom. The first-order chi connectivity index (χ1) is 4.36. The van der Waals surface area contributed by atoms with E-state index in [0.717, 1.165) is 0 Å². The zero-order valence-corrected chi connectivity index (χ0v) is 6.43. The topological polar surface area (TPSA) is 14.1 Å². The van der Waals surface area contributed by atoms with Crippen molar-refractivity contribution in [3.8, 4) is 0 Å². The second kappa shape index (κ2) is 3.21. The minimum absolute atomic E-state index is 0.704. The second-order valence-electron chi connectivity index (χ2n) is 2.85. The van der Waals surface area contributed by atoms with Crippen LogP contribution in [0.3, 0.4) is 0 Å². The van der Waals surface area contributed by atoms with Gasteiger partial charge in [0.2, 0.25) is 0 Å². The molecule has 9 heavy (non-hydrogen) atoms. The molecule has 1 aliphatic rings. The van der Waals surface area contributed by atoms with Crippen LogP contribution in [-0.2, 0) is 0 Å².